The van der Waals surface area contributed by atoms with Crippen LogP contribution in [0.3, 0.4) is 0 Å². The van der Waals surface area contributed by atoms with Crippen molar-refractivity contribution in [2.75, 3.05) is 13.6 Å². The molecule has 1 amide bonds. The van der Waals surface area contributed by atoms with E-state index in [2.05, 4.69) is 18.8 Å². The monoisotopic (exact) mass is 226 g/mol. The van der Waals surface area contributed by atoms with E-state index in [1.165, 1.54) is 6.20 Å². The van der Waals surface area contributed by atoms with Gasteiger partial charge in [0.05, 0.1) is 10.6 Å². The third-order valence-electron chi connectivity index (χ3n) is 1.98. The van der Waals surface area contributed by atoms with Crippen LogP contribution in [-0.4, -0.2) is 29.4 Å². The summed E-state index contributed by atoms with van der Waals surface area (Å²) in [6.07, 6.45) is 3.07. The topological polar surface area (TPSA) is 33.2 Å². The summed E-state index contributed by atoms with van der Waals surface area (Å²) < 4.78 is 0. The van der Waals surface area contributed by atoms with Crippen LogP contribution in [0.4, 0.5) is 0 Å². The average molecular weight is 227 g/mol. The summed E-state index contributed by atoms with van der Waals surface area (Å²) >= 11 is 5.91. The maximum Gasteiger partial charge on any atom is 0.256 e. The SMILES string of the molecule is CC(C)CN(C)C(=O)c1cnccc1Cl. The highest BCUT2D eigenvalue weighted by Gasteiger charge is 2.15. The molecule has 0 N–H and O–H groups in total. The fourth-order valence-corrected chi connectivity index (χ4v) is 1.56. The Labute approximate surface area is 95.1 Å². The third-order valence-corrected chi connectivity index (χ3v) is 2.31. The highest BCUT2D eigenvalue weighted by atomic mass is 35.5. The Morgan fingerprint density at radius 2 is 2.27 bits per heavy atom. The summed E-state index contributed by atoms with van der Waals surface area (Å²) in [7, 11) is 1.77. The van der Waals surface area contributed by atoms with E-state index in [4.69, 9.17) is 11.6 Å². The van der Waals surface area contributed by atoms with Crippen LogP contribution in [0.2, 0.25) is 5.02 Å². The highest BCUT2D eigenvalue weighted by Crippen LogP contribution is 2.15. The Kier molecular flexibility index (Phi) is 4.09. The maximum atomic E-state index is 11.9. The molecule has 0 fully saturated rings. The van der Waals surface area contributed by atoms with Gasteiger partial charge in [0, 0.05) is 26.0 Å². The molecule has 0 bridgehead atoms. The van der Waals surface area contributed by atoms with Crippen molar-refractivity contribution >= 4 is 17.5 Å². The zero-order valence-electron chi connectivity index (χ0n) is 9.20. The predicted octanol–water partition coefficient (Wildman–Crippen LogP) is 2.46. The van der Waals surface area contributed by atoms with Crippen molar-refractivity contribution in [1.82, 2.24) is 9.88 Å². The molecule has 0 unspecified atom stereocenters. The summed E-state index contributed by atoms with van der Waals surface area (Å²) in [5, 5.41) is 0.450. The van der Waals surface area contributed by atoms with Crippen LogP contribution >= 0.6 is 11.6 Å². The number of nitrogens with zero attached hydrogens (tertiary/aromatic N) is 2. The fourth-order valence-electron chi connectivity index (χ4n) is 1.37. The number of carbonyl (C=O) groups is 1. The minimum absolute atomic E-state index is 0.0817. The van der Waals surface area contributed by atoms with Crippen molar-refractivity contribution in [2.45, 2.75) is 13.8 Å². The van der Waals surface area contributed by atoms with Crippen molar-refractivity contribution in [2.24, 2.45) is 5.92 Å². The van der Waals surface area contributed by atoms with Crippen LogP contribution in [0, 0.1) is 5.92 Å². The van der Waals surface area contributed by atoms with Gasteiger partial charge in [0.2, 0.25) is 0 Å². The lowest BCUT2D eigenvalue weighted by molar-refractivity contribution is 0.0779. The van der Waals surface area contributed by atoms with Gasteiger partial charge in [-0.05, 0) is 12.0 Å². The molecule has 4 heteroatoms. The van der Waals surface area contributed by atoms with Gasteiger partial charge < -0.3 is 4.90 Å². The number of carbonyl (C=O) groups excluding carboxylic acids is 1. The van der Waals surface area contributed by atoms with Gasteiger partial charge in [-0.3, -0.25) is 9.78 Å². The first-order valence-corrected chi connectivity index (χ1v) is 5.25. The van der Waals surface area contributed by atoms with Gasteiger partial charge >= 0.3 is 0 Å². The molecule has 0 saturated carbocycles. The first-order chi connectivity index (χ1) is 7.02. The number of aromatic nitrogens is 1. The molecule has 0 aliphatic carbocycles. The van der Waals surface area contributed by atoms with Gasteiger partial charge in [0.25, 0.3) is 5.91 Å². The van der Waals surface area contributed by atoms with E-state index in [0.717, 1.165) is 0 Å². The van der Waals surface area contributed by atoms with Crippen LogP contribution in [0.25, 0.3) is 0 Å². The lowest BCUT2D eigenvalue weighted by atomic mass is 10.2. The first-order valence-electron chi connectivity index (χ1n) is 4.87. The molecule has 0 aromatic carbocycles. The van der Waals surface area contributed by atoms with Crippen LogP contribution in [-0.2, 0) is 0 Å². The maximum absolute atomic E-state index is 11.9. The Balaban J connectivity index is 2.81. The molecule has 15 heavy (non-hydrogen) atoms. The molecule has 0 aliphatic rings. The van der Waals surface area contributed by atoms with Crippen molar-refractivity contribution in [3.8, 4) is 0 Å². The van der Waals surface area contributed by atoms with Crippen LogP contribution in [0.1, 0.15) is 24.2 Å². The smallest absolute Gasteiger partial charge is 0.256 e. The number of hydrogen-bond acceptors (Lipinski definition) is 2. The van der Waals surface area contributed by atoms with Crippen LogP contribution in [0.15, 0.2) is 18.5 Å². The van der Waals surface area contributed by atoms with E-state index in [9.17, 15) is 4.79 Å². The molecule has 1 aromatic rings. The quantitative estimate of drug-likeness (QED) is 0.793. The average Bonchev–Trinajstić information content (AvgIpc) is 2.16. The predicted molar refractivity (Wildman–Crippen MR) is 61.0 cm³/mol. The minimum Gasteiger partial charge on any atom is -0.341 e. The molecular formula is C11H15ClN2O. The van der Waals surface area contributed by atoms with Crippen LogP contribution in [0.5, 0.6) is 0 Å². The van der Waals surface area contributed by atoms with Crippen molar-refractivity contribution in [1.29, 1.82) is 0 Å². The van der Waals surface area contributed by atoms with Gasteiger partial charge in [0.1, 0.15) is 0 Å². The largest absolute Gasteiger partial charge is 0.341 e. The molecule has 1 heterocycles. The Morgan fingerprint density at radius 3 is 2.80 bits per heavy atom. The Bertz CT molecular complexity index is 352. The second-order valence-corrected chi connectivity index (χ2v) is 4.34. The molecule has 82 valence electrons. The highest BCUT2D eigenvalue weighted by molar-refractivity contribution is 6.33. The van der Waals surface area contributed by atoms with E-state index in [-0.39, 0.29) is 5.91 Å². The van der Waals surface area contributed by atoms with E-state index in [1.54, 1.807) is 24.2 Å². The Morgan fingerprint density at radius 1 is 1.60 bits per heavy atom. The standard InChI is InChI=1S/C11H15ClN2O/c1-8(2)7-14(3)11(15)9-6-13-5-4-10(9)12/h4-6,8H,7H2,1-3H3. The number of amides is 1. The van der Waals surface area contributed by atoms with Gasteiger partial charge in [0.15, 0.2) is 0 Å². The summed E-state index contributed by atoms with van der Waals surface area (Å²) in [5.74, 6) is 0.358. The zero-order valence-corrected chi connectivity index (χ0v) is 9.95. The lowest BCUT2D eigenvalue weighted by Gasteiger charge is -2.19. The fraction of sp³-hybridized carbons (Fsp3) is 0.455. The van der Waals surface area contributed by atoms with Gasteiger partial charge in [-0.25, -0.2) is 0 Å². The number of rotatable bonds is 3. The lowest BCUT2D eigenvalue weighted by Crippen LogP contribution is -2.30. The molecule has 3 nitrogen and oxygen atoms in total. The van der Waals surface area contributed by atoms with Gasteiger partial charge in [-0.1, -0.05) is 25.4 Å². The van der Waals surface area contributed by atoms with Crippen molar-refractivity contribution < 1.29 is 4.79 Å². The second-order valence-electron chi connectivity index (χ2n) is 3.94. The Hall–Kier alpha value is -1.09. The summed E-state index contributed by atoms with van der Waals surface area (Å²) in [6, 6.07) is 1.62. The van der Waals surface area contributed by atoms with E-state index in [0.29, 0.717) is 23.0 Å². The normalized spacial score (nSPS) is 10.5. The molecule has 0 spiro atoms. The molecule has 0 radical (unpaired) electrons. The third kappa shape index (κ3) is 3.20. The summed E-state index contributed by atoms with van der Waals surface area (Å²) in [6.45, 7) is 4.84. The van der Waals surface area contributed by atoms with Crippen molar-refractivity contribution in [3.05, 3.63) is 29.0 Å². The van der Waals surface area contributed by atoms with E-state index in [1.807, 2.05) is 0 Å². The molecule has 0 aliphatic heterocycles. The first kappa shape index (κ1) is 12.0. The number of hydrogen-bond donors (Lipinski definition) is 0. The van der Waals surface area contributed by atoms with Crippen molar-refractivity contribution in [3.63, 3.8) is 0 Å². The molecule has 0 atom stereocenters. The van der Waals surface area contributed by atoms with E-state index < -0.39 is 0 Å². The van der Waals surface area contributed by atoms with Crippen LogP contribution < -0.4 is 0 Å². The molecule has 0 saturated heterocycles. The number of pyridine rings is 1. The summed E-state index contributed by atoms with van der Waals surface area (Å²) in [4.78, 5) is 17.5. The van der Waals surface area contributed by atoms with Gasteiger partial charge in [-0.2, -0.15) is 0 Å². The van der Waals surface area contributed by atoms with E-state index >= 15 is 0 Å². The van der Waals surface area contributed by atoms with Gasteiger partial charge in [-0.15, -0.1) is 0 Å². The molecule has 1 rings (SSSR count). The molecule has 1 aromatic heterocycles. The minimum atomic E-state index is -0.0817. The number of halogens is 1. The zero-order chi connectivity index (χ0) is 11.4. The second kappa shape index (κ2) is 5.12. The molecular weight excluding hydrogens is 212 g/mol. The summed E-state index contributed by atoms with van der Waals surface area (Å²) in [5.41, 5.74) is 0.460.